The van der Waals surface area contributed by atoms with Gasteiger partial charge in [0, 0.05) is 5.56 Å². The molecule has 7 heteroatoms. The second-order valence-electron chi connectivity index (χ2n) is 7.13. The highest BCUT2D eigenvalue weighted by Gasteiger charge is 2.33. The predicted octanol–water partition coefficient (Wildman–Crippen LogP) is 5.59. The first-order valence-electron chi connectivity index (χ1n) is 10.4. The van der Waals surface area contributed by atoms with Crippen molar-refractivity contribution in [2.24, 2.45) is 4.99 Å². The molecule has 0 fully saturated rings. The van der Waals surface area contributed by atoms with Crippen LogP contribution in [-0.2, 0) is 4.79 Å². The number of anilines is 1. The fourth-order valence-corrected chi connectivity index (χ4v) is 3.76. The Morgan fingerprint density at radius 2 is 1.70 bits per heavy atom. The quantitative estimate of drug-likeness (QED) is 0.429. The summed E-state index contributed by atoms with van der Waals surface area (Å²) in [6, 6.07) is 20.0. The molecule has 168 valence electrons. The summed E-state index contributed by atoms with van der Waals surface area (Å²) in [5.41, 5.74) is 2.37. The van der Waals surface area contributed by atoms with Crippen molar-refractivity contribution in [1.82, 2.24) is 0 Å². The number of methoxy groups -OCH3 is 2. The summed E-state index contributed by atoms with van der Waals surface area (Å²) in [5, 5.41) is 0.507. The molecule has 3 aromatic rings. The highest BCUT2D eigenvalue weighted by Crippen LogP contribution is 2.33. The molecular weight excluding hydrogens is 440 g/mol. The standard InChI is InChI=1S/C26H23ClN2O4/c1-4-33-19-12-10-18(11-13-19)29-25(20-7-5-6-8-21(20)27)28-22(26(29)30)15-17-9-14-23(31-2)24(16-17)32-3/h5-16H,4H2,1-3H3/b22-15+. The molecule has 1 aliphatic heterocycles. The molecule has 33 heavy (non-hydrogen) atoms. The molecule has 0 aromatic heterocycles. The molecule has 0 aliphatic carbocycles. The number of nitrogens with zero attached hydrogens (tertiary/aromatic N) is 2. The van der Waals surface area contributed by atoms with E-state index in [1.165, 1.54) is 0 Å². The average Bonchev–Trinajstić information content (AvgIpc) is 3.15. The average molecular weight is 463 g/mol. The van der Waals surface area contributed by atoms with Crippen molar-refractivity contribution >= 4 is 35.1 Å². The lowest BCUT2D eigenvalue weighted by Gasteiger charge is -2.19. The van der Waals surface area contributed by atoms with E-state index in [1.54, 1.807) is 43.4 Å². The molecule has 1 aliphatic rings. The van der Waals surface area contributed by atoms with E-state index in [1.807, 2.05) is 55.5 Å². The topological polar surface area (TPSA) is 60.4 Å². The SMILES string of the molecule is CCOc1ccc(N2C(=O)/C(=C\c3ccc(OC)c(OC)c3)N=C2c2ccccc2Cl)cc1. The van der Waals surface area contributed by atoms with Gasteiger partial charge in [0.2, 0.25) is 0 Å². The van der Waals surface area contributed by atoms with Crippen molar-refractivity contribution in [3.05, 3.63) is 88.6 Å². The first kappa shape index (κ1) is 22.4. The van der Waals surface area contributed by atoms with Gasteiger partial charge in [-0.05, 0) is 67.1 Å². The number of hydrogen-bond acceptors (Lipinski definition) is 5. The fourth-order valence-electron chi connectivity index (χ4n) is 3.54. The van der Waals surface area contributed by atoms with Gasteiger partial charge in [-0.25, -0.2) is 4.99 Å². The lowest BCUT2D eigenvalue weighted by atomic mass is 10.1. The zero-order valence-corrected chi connectivity index (χ0v) is 19.3. The third-order valence-corrected chi connectivity index (χ3v) is 5.42. The van der Waals surface area contributed by atoms with Crippen molar-refractivity contribution in [2.45, 2.75) is 6.92 Å². The number of hydrogen-bond donors (Lipinski definition) is 0. The first-order valence-corrected chi connectivity index (χ1v) is 10.8. The van der Waals surface area contributed by atoms with Crippen LogP contribution in [-0.4, -0.2) is 32.6 Å². The molecule has 4 rings (SSSR count). The highest BCUT2D eigenvalue weighted by atomic mass is 35.5. The minimum Gasteiger partial charge on any atom is -0.494 e. The van der Waals surface area contributed by atoms with E-state index < -0.39 is 0 Å². The Bertz CT molecular complexity index is 1240. The van der Waals surface area contributed by atoms with Gasteiger partial charge in [-0.1, -0.05) is 29.8 Å². The lowest BCUT2D eigenvalue weighted by molar-refractivity contribution is -0.113. The van der Waals surface area contributed by atoms with E-state index in [0.717, 1.165) is 11.3 Å². The van der Waals surface area contributed by atoms with E-state index in [2.05, 4.69) is 4.99 Å². The summed E-state index contributed by atoms with van der Waals surface area (Å²) in [6.07, 6.45) is 1.72. The molecule has 0 unspecified atom stereocenters. The summed E-state index contributed by atoms with van der Waals surface area (Å²) in [7, 11) is 3.14. The van der Waals surface area contributed by atoms with Gasteiger partial charge in [0.05, 0.1) is 31.5 Å². The van der Waals surface area contributed by atoms with Crippen LogP contribution in [0.2, 0.25) is 5.02 Å². The molecule has 0 atom stereocenters. The maximum absolute atomic E-state index is 13.5. The van der Waals surface area contributed by atoms with E-state index in [9.17, 15) is 4.79 Å². The van der Waals surface area contributed by atoms with E-state index in [4.69, 9.17) is 25.8 Å². The summed E-state index contributed by atoms with van der Waals surface area (Å²) < 4.78 is 16.2. The summed E-state index contributed by atoms with van der Waals surface area (Å²) in [4.78, 5) is 19.7. The maximum Gasteiger partial charge on any atom is 0.282 e. The Hall–Kier alpha value is -3.77. The number of carbonyl (C=O) groups excluding carboxylic acids is 1. The van der Waals surface area contributed by atoms with Crippen LogP contribution < -0.4 is 19.1 Å². The van der Waals surface area contributed by atoms with Gasteiger partial charge in [-0.2, -0.15) is 0 Å². The molecule has 3 aromatic carbocycles. The van der Waals surface area contributed by atoms with Gasteiger partial charge >= 0.3 is 0 Å². The molecule has 1 heterocycles. The van der Waals surface area contributed by atoms with Crippen LogP contribution >= 0.6 is 11.6 Å². The fraction of sp³-hybridized carbons (Fsp3) is 0.154. The largest absolute Gasteiger partial charge is 0.494 e. The van der Waals surface area contributed by atoms with Crippen molar-refractivity contribution in [1.29, 1.82) is 0 Å². The van der Waals surface area contributed by atoms with Crippen LogP contribution in [0.1, 0.15) is 18.1 Å². The number of ether oxygens (including phenoxy) is 3. The summed E-state index contributed by atoms with van der Waals surface area (Å²) in [5.74, 6) is 2.10. The van der Waals surface area contributed by atoms with Gasteiger partial charge in [0.25, 0.3) is 5.91 Å². The number of carbonyl (C=O) groups is 1. The van der Waals surface area contributed by atoms with E-state index in [-0.39, 0.29) is 11.6 Å². The number of rotatable bonds is 7. The molecule has 0 saturated heterocycles. The zero-order chi connectivity index (χ0) is 23.4. The van der Waals surface area contributed by atoms with Crippen LogP contribution in [0.15, 0.2) is 77.4 Å². The van der Waals surface area contributed by atoms with E-state index in [0.29, 0.717) is 40.2 Å². The van der Waals surface area contributed by atoms with Gasteiger partial charge in [0.1, 0.15) is 17.3 Å². The number of amides is 1. The molecule has 6 nitrogen and oxygen atoms in total. The Balaban J connectivity index is 1.79. The van der Waals surface area contributed by atoms with Gasteiger partial charge in [0.15, 0.2) is 11.5 Å². The third kappa shape index (κ3) is 4.56. The van der Waals surface area contributed by atoms with Crippen LogP contribution in [0.5, 0.6) is 17.2 Å². The highest BCUT2D eigenvalue weighted by molar-refractivity contribution is 6.39. The number of amidine groups is 1. The second kappa shape index (κ2) is 9.79. The predicted molar refractivity (Wildman–Crippen MR) is 131 cm³/mol. The Morgan fingerprint density at radius 3 is 2.36 bits per heavy atom. The molecule has 0 spiro atoms. The zero-order valence-electron chi connectivity index (χ0n) is 18.5. The number of halogens is 1. The Labute approximate surface area is 197 Å². The van der Waals surface area contributed by atoms with Gasteiger partial charge in [-0.15, -0.1) is 0 Å². The van der Waals surface area contributed by atoms with Crippen LogP contribution in [0.3, 0.4) is 0 Å². The van der Waals surface area contributed by atoms with Gasteiger partial charge < -0.3 is 14.2 Å². The maximum atomic E-state index is 13.5. The van der Waals surface area contributed by atoms with Crippen LogP contribution in [0, 0.1) is 0 Å². The number of benzene rings is 3. The second-order valence-corrected chi connectivity index (χ2v) is 7.53. The third-order valence-electron chi connectivity index (χ3n) is 5.09. The van der Waals surface area contributed by atoms with Crippen molar-refractivity contribution in [3.8, 4) is 17.2 Å². The van der Waals surface area contributed by atoms with Crippen molar-refractivity contribution in [2.75, 3.05) is 25.7 Å². The first-order chi connectivity index (χ1) is 16.0. The van der Waals surface area contributed by atoms with Crippen molar-refractivity contribution in [3.63, 3.8) is 0 Å². The van der Waals surface area contributed by atoms with Crippen LogP contribution in [0.4, 0.5) is 5.69 Å². The smallest absolute Gasteiger partial charge is 0.282 e. The molecular formula is C26H23ClN2O4. The van der Waals surface area contributed by atoms with Crippen LogP contribution in [0.25, 0.3) is 6.08 Å². The summed E-state index contributed by atoms with van der Waals surface area (Å²) in [6.45, 7) is 2.48. The Kier molecular flexibility index (Phi) is 6.66. The minimum absolute atomic E-state index is 0.260. The number of aliphatic imine (C=N–C) groups is 1. The molecule has 0 radical (unpaired) electrons. The molecule has 0 bridgehead atoms. The molecule has 1 amide bonds. The minimum atomic E-state index is -0.260. The molecule has 0 N–H and O–H groups in total. The lowest BCUT2D eigenvalue weighted by Crippen LogP contribution is -2.32. The summed E-state index contributed by atoms with van der Waals surface area (Å²) >= 11 is 6.46. The normalized spacial score (nSPS) is 14.4. The van der Waals surface area contributed by atoms with E-state index >= 15 is 0 Å². The van der Waals surface area contributed by atoms with Gasteiger partial charge in [-0.3, -0.25) is 9.69 Å². The monoisotopic (exact) mass is 462 g/mol. The Morgan fingerprint density at radius 1 is 0.970 bits per heavy atom. The van der Waals surface area contributed by atoms with Crippen molar-refractivity contribution < 1.29 is 19.0 Å². The molecule has 0 saturated carbocycles.